The van der Waals surface area contributed by atoms with Crippen LogP contribution >= 0.6 is 11.6 Å². The first-order chi connectivity index (χ1) is 11.0. The van der Waals surface area contributed by atoms with Crippen LogP contribution < -0.4 is 4.74 Å². The van der Waals surface area contributed by atoms with Crippen LogP contribution in [0.2, 0.25) is 5.02 Å². The zero-order chi connectivity index (χ0) is 16.8. The summed E-state index contributed by atoms with van der Waals surface area (Å²) in [6.07, 6.45) is 1.71. The smallest absolute Gasteiger partial charge is 0.344 e. The first-order valence-electron chi connectivity index (χ1n) is 8.04. The summed E-state index contributed by atoms with van der Waals surface area (Å²) in [5.41, 5.74) is 1.09. The lowest BCUT2D eigenvalue weighted by Gasteiger charge is -2.21. The van der Waals surface area contributed by atoms with Crippen molar-refractivity contribution in [2.24, 2.45) is 0 Å². The van der Waals surface area contributed by atoms with Crippen LogP contribution in [0, 0.1) is 0 Å². The Labute approximate surface area is 142 Å². The zero-order valence-corrected chi connectivity index (χ0v) is 14.6. The number of halogens is 1. The van der Waals surface area contributed by atoms with Crippen molar-refractivity contribution in [2.45, 2.75) is 32.4 Å². The minimum Gasteiger partial charge on any atom is -0.479 e. The molecule has 128 valence electrons. The summed E-state index contributed by atoms with van der Waals surface area (Å²) >= 11 is 6.20. The van der Waals surface area contributed by atoms with E-state index in [1.165, 1.54) is 32.9 Å². The molecule has 1 aromatic carbocycles. The van der Waals surface area contributed by atoms with Gasteiger partial charge in [0.05, 0.1) is 5.02 Å². The maximum Gasteiger partial charge on any atom is 0.344 e. The van der Waals surface area contributed by atoms with Gasteiger partial charge in [0, 0.05) is 19.6 Å². The average Bonchev–Trinajstić information content (AvgIpc) is 3.01. The van der Waals surface area contributed by atoms with Crippen LogP contribution in [-0.4, -0.2) is 60.2 Å². The van der Waals surface area contributed by atoms with E-state index in [0.29, 0.717) is 10.8 Å². The van der Waals surface area contributed by atoms with E-state index in [2.05, 4.69) is 16.8 Å². The van der Waals surface area contributed by atoms with Gasteiger partial charge >= 0.3 is 5.97 Å². The number of likely N-dealkylation sites (tertiary alicyclic amines) is 1. The van der Waals surface area contributed by atoms with Gasteiger partial charge in [-0.05, 0) is 57.6 Å². The molecule has 0 bridgehead atoms. The van der Waals surface area contributed by atoms with Crippen molar-refractivity contribution < 1.29 is 14.6 Å². The highest BCUT2D eigenvalue weighted by Crippen LogP contribution is 2.27. The Morgan fingerprint density at radius 1 is 1.43 bits per heavy atom. The van der Waals surface area contributed by atoms with E-state index >= 15 is 0 Å². The van der Waals surface area contributed by atoms with E-state index in [0.717, 1.165) is 25.2 Å². The molecular weight excluding hydrogens is 316 g/mol. The van der Waals surface area contributed by atoms with Crippen molar-refractivity contribution in [2.75, 3.05) is 33.2 Å². The minimum absolute atomic E-state index is 0.407. The topological polar surface area (TPSA) is 53.0 Å². The number of carboxylic acids is 1. The molecule has 5 nitrogen and oxygen atoms in total. The van der Waals surface area contributed by atoms with Crippen LogP contribution in [0.25, 0.3) is 0 Å². The summed E-state index contributed by atoms with van der Waals surface area (Å²) in [6.45, 7) is 6.84. The van der Waals surface area contributed by atoms with Crippen molar-refractivity contribution in [1.29, 1.82) is 0 Å². The van der Waals surface area contributed by atoms with Crippen LogP contribution in [0.1, 0.15) is 25.3 Å². The fraction of sp³-hybridized carbons (Fsp3) is 0.588. The third-order valence-electron chi connectivity index (χ3n) is 4.10. The third-order valence-corrected chi connectivity index (χ3v) is 4.39. The zero-order valence-electron chi connectivity index (χ0n) is 13.8. The number of benzene rings is 1. The molecule has 1 aromatic rings. The van der Waals surface area contributed by atoms with Gasteiger partial charge in [0.15, 0.2) is 6.10 Å². The summed E-state index contributed by atoms with van der Waals surface area (Å²) in [6, 6.07) is 5.52. The molecular formula is C17H25ClN2O3. The maximum atomic E-state index is 10.8. The molecule has 1 unspecified atom stereocenters. The predicted molar refractivity (Wildman–Crippen MR) is 91.2 cm³/mol. The Balaban J connectivity index is 1.85. The van der Waals surface area contributed by atoms with Crippen LogP contribution in [-0.2, 0) is 11.3 Å². The second-order valence-electron chi connectivity index (χ2n) is 6.15. The molecule has 0 amide bonds. The average molecular weight is 341 g/mol. The van der Waals surface area contributed by atoms with E-state index < -0.39 is 12.1 Å². The Hall–Kier alpha value is -1.30. The lowest BCUT2D eigenvalue weighted by atomic mass is 10.2. The summed E-state index contributed by atoms with van der Waals surface area (Å²) < 4.78 is 5.33. The van der Waals surface area contributed by atoms with Gasteiger partial charge in [0.2, 0.25) is 0 Å². The molecule has 0 aliphatic carbocycles. The number of aliphatic carboxylic acids is 1. The van der Waals surface area contributed by atoms with Gasteiger partial charge in [0.25, 0.3) is 0 Å². The highest BCUT2D eigenvalue weighted by Gasteiger charge is 2.15. The standard InChI is InChI=1S/C17H25ClN2O3/c1-13(17(21)22)23-16-6-5-14(11-15(16)18)12-19(2)9-10-20-7-3-4-8-20/h5-6,11,13H,3-4,7-10,12H2,1-2H3,(H,21,22). The minimum atomic E-state index is -1.01. The lowest BCUT2D eigenvalue weighted by molar-refractivity contribution is -0.144. The van der Waals surface area contributed by atoms with Crippen molar-refractivity contribution in [3.05, 3.63) is 28.8 Å². The maximum absolute atomic E-state index is 10.8. The quantitative estimate of drug-likeness (QED) is 0.788. The molecule has 1 fully saturated rings. The lowest BCUT2D eigenvalue weighted by Crippen LogP contribution is -2.31. The van der Waals surface area contributed by atoms with E-state index in [1.54, 1.807) is 6.07 Å². The van der Waals surface area contributed by atoms with Crippen LogP contribution in [0.5, 0.6) is 5.75 Å². The summed E-state index contributed by atoms with van der Waals surface area (Å²) in [5, 5.41) is 9.33. The number of hydrogen-bond donors (Lipinski definition) is 1. The van der Waals surface area contributed by atoms with E-state index in [-0.39, 0.29) is 0 Å². The van der Waals surface area contributed by atoms with E-state index in [4.69, 9.17) is 21.4 Å². The van der Waals surface area contributed by atoms with Gasteiger partial charge in [-0.2, -0.15) is 0 Å². The normalized spacial score (nSPS) is 16.7. The van der Waals surface area contributed by atoms with Crippen molar-refractivity contribution in [3.63, 3.8) is 0 Å². The second-order valence-corrected chi connectivity index (χ2v) is 6.56. The summed E-state index contributed by atoms with van der Waals surface area (Å²) in [4.78, 5) is 15.6. The number of carboxylic acid groups (broad SMARTS) is 1. The third kappa shape index (κ3) is 5.68. The molecule has 1 aliphatic heterocycles. The van der Waals surface area contributed by atoms with Gasteiger partial charge in [-0.15, -0.1) is 0 Å². The molecule has 1 heterocycles. The van der Waals surface area contributed by atoms with Gasteiger partial charge < -0.3 is 19.6 Å². The Morgan fingerprint density at radius 3 is 2.74 bits per heavy atom. The molecule has 1 aliphatic rings. The molecule has 0 radical (unpaired) electrons. The fourth-order valence-corrected chi connectivity index (χ4v) is 2.94. The number of likely N-dealkylation sites (N-methyl/N-ethyl adjacent to an activating group) is 1. The fourth-order valence-electron chi connectivity index (χ4n) is 2.69. The molecule has 1 N–H and O–H groups in total. The Kier molecular flexibility index (Phi) is 6.69. The molecule has 0 spiro atoms. The number of nitrogens with zero attached hydrogens (tertiary/aromatic N) is 2. The molecule has 6 heteroatoms. The van der Waals surface area contributed by atoms with E-state index in [9.17, 15) is 4.79 Å². The van der Waals surface area contributed by atoms with E-state index in [1.807, 2.05) is 12.1 Å². The van der Waals surface area contributed by atoms with Crippen LogP contribution in [0.15, 0.2) is 18.2 Å². The molecule has 23 heavy (non-hydrogen) atoms. The van der Waals surface area contributed by atoms with Crippen molar-refractivity contribution in [1.82, 2.24) is 9.80 Å². The van der Waals surface area contributed by atoms with Gasteiger partial charge in [-0.3, -0.25) is 0 Å². The monoisotopic (exact) mass is 340 g/mol. The highest BCUT2D eigenvalue weighted by atomic mass is 35.5. The first-order valence-corrected chi connectivity index (χ1v) is 8.42. The molecule has 1 saturated heterocycles. The highest BCUT2D eigenvalue weighted by molar-refractivity contribution is 6.32. The summed E-state index contributed by atoms with van der Waals surface area (Å²) in [5.74, 6) is -0.600. The second kappa shape index (κ2) is 8.52. The van der Waals surface area contributed by atoms with Crippen molar-refractivity contribution >= 4 is 17.6 Å². The molecule has 0 aromatic heterocycles. The molecule has 0 saturated carbocycles. The Bertz CT molecular complexity index is 533. The van der Waals surface area contributed by atoms with Crippen LogP contribution in [0.4, 0.5) is 0 Å². The van der Waals surface area contributed by atoms with Gasteiger partial charge in [-0.25, -0.2) is 4.79 Å². The largest absolute Gasteiger partial charge is 0.479 e. The number of ether oxygens (including phenoxy) is 1. The van der Waals surface area contributed by atoms with Crippen molar-refractivity contribution in [3.8, 4) is 5.75 Å². The van der Waals surface area contributed by atoms with Crippen LogP contribution in [0.3, 0.4) is 0 Å². The number of rotatable bonds is 8. The van der Waals surface area contributed by atoms with Gasteiger partial charge in [-0.1, -0.05) is 17.7 Å². The Morgan fingerprint density at radius 2 is 2.13 bits per heavy atom. The SMILES string of the molecule is CC(Oc1ccc(CN(C)CCN2CCCC2)cc1Cl)C(=O)O. The molecule has 1 atom stereocenters. The van der Waals surface area contributed by atoms with Gasteiger partial charge in [0.1, 0.15) is 5.75 Å². The summed E-state index contributed by atoms with van der Waals surface area (Å²) in [7, 11) is 2.10. The molecule has 2 rings (SSSR count). The number of carbonyl (C=O) groups is 1. The predicted octanol–water partition coefficient (Wildman–Crippen LogP) is 2.72. The first kappa shape index (κ1) is 18.0. The number of hydrogen-bond acceptors (Lipinski definition) is 4.